The quantitative estimate of drug-likeness (QED) is 0.554. The number of ether oxygens (including phenoxy) is 2. The van der Waals surface area contributed by atoms with Crippen molar-refractivity contribution < 1.29 is 9.47 Å². The molecule has 0 aromatic rings. The minimum Gasteiger partial charge on any atom is -0.375 e. The minimum absolute atomic E-state index is 0.103. The lowest BCUT2D eigenvalue weighted by Crippen LogP contribution is -2.41. The molecular weight excluding hydrogens is 190 g/mol. The average Bonchev–Trinajstić information content (AvgIpc) is 2.63. The van der Waals surface area contributed by atoms with Crippen LogP contribution in [-0.4, -0.2) is 38.0 Å². The van der Waals surface area contributed by atoms with Crippen LogP contribution in [0.25, 0.3) is 0 Å². The second kappa shape index (κ2) is 4.98. The van der Waals surface area contributed by atoms with E-state index in [4.69, 9.17) is 15.9 Å². The molecule has 2 fully saturated rings. The van der Waals surface area contributed by atoms with E-state index in [1.54, 1.807) is 0 Å². The van der Waals surface area contributed by atoms with E-state index in [1.807, 2.05) is 0 Å². The summed E-state index contributed by atoms with van der Waals surface area (Å²) in [5, 5.41) is 3.36. The Labute approximate surface area is 91.5 Å². The monoisotopic (exact) mass is 209 g/mol. The van der Waals surface area contributed by atoms with Crippen molar-refractivity contribution in [3.05, 3.63) is 0 Å². The summed E-state index contributed by atoms with van der Waals surface area (Å²) in [6, 6.07) is 0. The van der Waals surface area contributed by atoms with Crippen LogP contribution in [0.2, 0.25) is 0 Å². The summed E-state index contributed by atoms with van der Waals surface area (Å²) in [5.74, 6) is 2.59. The molecule has 2 heterocycles. The van der Waals surface area contributed by atoms with Crippen molar-refractivity contribution in [1.29, 1.82) is 0 Å². The van der Waals surface area contributed by atoms with Crippen molar-refractivity contribution in [3.63, 3.8) is 0 Å². The Kier molecular flexibility index (Phi) is 3.63. The summed E-state index contributed by atoms with van der Waals surface area (Å²) in [6.45, 7) is 3.54. The summed E-state index contributed by atoms with van der Waals surface area (Å²) < 4.78 is 11.6. The fourth-order valence-corrected chi connectivity index (χ4v) is 2.42. The molecule has 15 heavy (non-hydrogen) atoms. The molecule has 0 aromatic heterocycles. The van der Waals surface area contributed by atoms with Gasteiger partial charge in [-0.2, -0.15) is 0 Å². The van der Waals surface area contributed by atoms with Gasteiger partial charge in [0.15, 0.2) is 0 Å². The number of nitrogens with one attached hydrogen (secondary N) is 1. The Bertz CT molecular complexity index is 240. The highest BCUT2D eigenvalue weighted by molar-refractivity contribution is 4.93. The first kappa shape index (κ1) is 10.9. The molecule has 1 spiro atoms. The normalized spacial score (nSPS) is 29.1. The molecule has 0 saturated carbocycles. The van der Waals surface area contributed by atoms with Gasteiger partial charge in [0.25, 0.3) is 0 Å². The lowest BCUT2D eigenvalue weighted by atomic mass is 9.89. The lowest BCUT2D eigenvalue weighted by Gasteiger charge is -2.32. The Morgan fingerprint density at radius 2 is 2.27 bits per heavy atom. The van der Waals surface area contributed by atoms with Gasteiger partial charge in [-0.3, -0.25) is 0 Å². The van der Waals surface area contributed by atoms with E-state index in [2.05, 4.69) is 11.2 Å². The molecule has 0 amide bonds. The molecule has 3 heteroatoms. The van der Waals surface area contributed by atoms with Crippen molar-refractivity contribution >= 4 is 0 Å². The number of hydrogen-bond acceptors (Lipinski definition) is 3. The molecule has 3 nitrogen and oxygen atoms in total. The van der Waals surface area contributed by atoms with Crippen LogP contribution in [0, 0.1) is 12.3 Å². The van der Waals surface area contributed by atoms with Gasteiger partial charge in [-0.15, -0.1) is 12.3 Å². The van der Waals surface area contributed by atoms with Crippen LogP contribution in [0.5, 0.6) is 0 Å². The molecular formula is C12H19NO2. The smallest absolute Gasteiger partial charge is 0.0836 e. The number of rotatable bonds is 3. The summed E-state index contributed by atoms with van der Waals surface area (Å²) in [4.78, 5) is 0. The topological polar surface area (TPSA) is 30.5 Å². The van der Waals surface area contributed by atoms with E-state index < -0.39 is 0 Å². The van der Waals surface area contributed by atoms with Gasteiger partial charge in [0.05, 0.1) is 24.9 Å². The van der Waals surface area contributed by atoms with Gasteiger partial charge in [-0.05, 0) is 25.9 Å². The molecule has 1 atom stereocenters. The van der Waals surface area contributed by atoms with E-state index in [9.17, 15) is 0 Å². The van der Waals surface area contributed by atoms with Gasteiger partial charge in [0.1, 0.15) is 0 Å². The summed E-state index contributed by atoms with van der Waals surface area (Å²) in [6.07, 6.45) is 9.41. The van der Waals surface area contributed by atoms with Crippen LogP contribution in [-0.2, 0) is 9.47 Å². The Balaban J connectivity index is 1.76. The minimum atomic E-state index is 0.103. The van der Waals surface area contributed by atoms with Crippen molar-refractivity contribution in [2.75, 3.05) is 26.3 Å². The maximum absolute atomic E-state index is 5.91. The SMILES string of the molecule is C#CCCOC1COC2(CCNCC2)C1. The van der Waals surface area contributed by atoms with Crippen LogP contribution in [0.3, 0.4) is 0 Å². The maximum atomic E-state index is 5.91. The molecule has 0 aromatic carbocycles. The van der Waals surface area contributed by atoms with Gasteiger partial charge in [-0.25, -0.2) is 0 Å². The predicted molar refractivity (Wildman–Crippen MR) is 58.6 cm³/mol. The highest BCUT2D eigenvalue weighted by Crippen LogP contribution is 2.35. The van der Waals surface area contributed by atoms with E-state index in [-0.39, 0.29) is 11.7 Å². The molecule has 0 aliphatic carbocycles. The van der Waals surface area contributed by atoms with Crippen LogP contribution in [0.1, 0.15) is 25.7 Å². The van der Waals surface area contributed by atoms with Gasteiger partial charge in [-0.1, -0.05) is 0 Å². The first-order valence-electron chi connectivity index (χ1n) is 5.74. The first-order chi connectivity index (χ1) is 7.35. The summed E-state index contributed by atoms with van der Waals surface area (Å²) in [5.41, 5.74) is 0.103. The predicted octanol–water partition coefficient (Wildman–Crippen LogP) is 0.937. The maximum Gasteiger partial charge on any atom is 0.0836 e. The van der Waals surface area contributed by atoms with Crippen molar-refractivity contribution in [3.8, 4) is 12.3 Å². The molecule has 2 rings (SSSR count). The van der Waals surface area contributed by atoms with Crippen LogP contribution < -0.4 is 5.32 Å². The fourth-order valence-electron chi connectivity index (χ4n) is 2.42. The van der Waals surface area contributed by atoms with Crippen molar-refractivity contribution in [2.24, 2.45) is 0 Å². The van der Waals surface area contributed by atoms with Crippen LogP contribution in [0.4, 0.5) is 0 Å². The molecule has 84 valence electrons. The van der Waals surface area contributed by atoms with Gasteiger partial charge in [0, 0.05) is 12.8 Å². The average molecular weight is 209 g/mol. The highest BCUT2D eigenvalue weighted by atomic mass is 16.6. The number of piperidine rings is 1. The summed E-state index contributed by atoms with van der Waals surface area (Å²) in [7, 11) is 0. The third-order valence-electron chi connectivity index (χ3n) is 3.29. The van der Waals surface area contributed by atoms with Gasteiger partial charge < -0.3 is 14.8 Å². The van der Waals surface area contributed by atoms with Crippen molar-refractivity contribution in [1.82, 2.24) is 5.32 Å². The molecule has 1 unspecified atom stereocenters. The lowest BCUT2D eigenvalue weighted by molar-refractivity contribution is -0.0231. The third-order valence-corrected chi connectivity index (χ3v) is 3.29. The number of hydrogen-bond donors (Lipinski definition) is 1. The fraction of sp³-hybridized carbons (Fsp3) is 0.833. The largest absolute Gasteiger partial charge is 0.375 e. The van der Waals surface area contributed by atoms with Gasteiger partial charge >= 0.3 is 0 Å². The Hall–Kier alpha value is -0.560. The molecule has 1 N–H and O–H groups in total. The molecule has 2 aliphatic heterocycles. The van der Waals surface area contributed by atoms with E-state index in [0.717, 1.165) is 39.0 Å². The Morgan fingerprint density at radius 1 is 1.47 bits per heavy atom. The molecule has 2 saturated heterocycles. The second-order valence-electron chi connectivity index (χ2n) is 4.40. The standard InChI is InChI=1S/C12H19NO2/c1-2-3-8-14-11-9-12(15-10-11)4-6-13-7-5-12/h1,11,13H,3-10H2. The highest BCUT2D eigenvalue weighted by Gasteiger charge is 2.41. The van der Waals surface area contributed by atoms with Crippen LogP contribution >= 0.6 is 0 Å². The zero-order valence-corrected chi connectivity index (χ0v) is 9.13. The number of terminal acetylenes is 1. The third kappa shape index (κ3) is 2.72. The van der Waals surface area contributed by atoms with Crippen LogP contribution in [0.15, 0.2) is 0 Å². The molecule has 0 radical (unpaired) electrons. The van der Waals surface area contributed by atoms with E-state index >= 15 is 0 Å². The van der Waals surface area contributed by atoms with Crippen molar-refractivity contribution in [2.45, 2.75) is 37.4 Å². The molecule has 2 aliphatic rings. The van der Waals surface area contributed by atoms with E-state index in [0.29, 0.717) is 13.0 Å². The van der Waals surface area contributed by atoms with Gasteiger partial charge in [0.2, 0.25) is 0 Å². The second-order valence-corrected chi connectivity index (χ2v) is 4.40. The first-order valence-corrected chi connectivity index (χ1v) is 5.74. The molecule has 0 bridgehead atoms. The van der Waals surface area contributed by atoms with E-state index in [1.165, 1.54) is 0 Å². The summed E-state index contributed by atoms with van der Waals surface area (Å²) >= 11 is 0. The zero-order valence-electron chi connectivity index (χ0n) is 9.13. The zero-order chi connectivity index (χ0) is 10.6. The Morgan fingerprint density at radius 3 is 3.00 bits per heavy atom.